The van der Waals surface area contributed by atoms with Gasteiger partial charge in [-0.15, -0.1) is 16.9 Å². The molecule has 28 heavy (non-hydrogen) atoms. The van der Waals surface area contributed by atoms with Crippen molar-refractivity contribution < 1.29 is 9.18 Å². The SMILES string of the molecule is C[C@H]1CCN(C(=O)CSc2nnnn2-c2cccc(F)c2)c2ccccc2S1. The second-order valence-electron chi connectivity index (χ2n) is 6.37. The first kappa shape index (κ1) is 18.9. The van der Waals surface area contributed by atoms with Gasteiger partial charge in [0.1, 0.15) is 5.82 Å². The monoisotopic (exact) mass is 415 g/mol. The molecule has 0 unspecified atom stereocenters. The second-order valence-corrected chi connectivity index (χ2v) is 8.79. The highest BCUT2D eigenvalue weighted by Gasteiger charge is 2.24. The Morgan fingerprint density at radius 3 is 3.00 bits per heavy atom. The summed E-state index contributed by atoms with van der Waals surface area (Å²) in [6, 6.07) is 14.0. The van der Waals surface area contributed by atoms with Crippen molar-refractivity contribution in [2.24, 2.45) is 0 Å². The van der Waals surface area contributed by atoms with Crippen LogP contribution in [0.1, 0.15) is 13.3 Å². The van der Waals surface area contributed by atoms with E-state index in [-0.39, 0.29) is 17.5 Å². The van der Waals surface area contributed by atoms with Gasteiger partial charge in [-0.05, 0) is 47.2 Å². The molecule has 0 spiro atoms. The fraction of sp³-hybridized carbons (Fsp3) is 0.263. The van der Waals surface area contributed by atoms with Gasteiger partial charge in [-0.1, -0.05) is 36.9 Å². The van der Waals surface area contributed by atoms with Crippen molar-refractivity contribution in [1.29, 1.82) is 0 Å². The van der Waals surface area contributed by atoms with Crippen LogP contribution in [0.5, 0.6) is 0 Å². The average molecular weight is 416 g/mol. The Bertz CT molecular complexity index is 996. The van der Waals surface area contributed by atoms with Gasteiger partial charge in [0.15, 0.2) is 0 Å². The Balaban J connectivity index is 1.51. The van der Waals surface area contributed by atoms with Gasteiger partial charge in [0.25, 0.3) is 0 Å². The third kappa shape index (κ3) is 4.05. The van der Waals surface area contributed by atoms with Gasteiger partial charge in [-0.25, -0.2) is 4.39 Å². The smallest absolute Gasteiger partial charge is 0.237 e. The summed E-state index contributed by atoms with van der Waals surface area (Å²) in [5.41, 5.74) is 1.47. The molecule has 0 fully saturated rings. The molecule has 0 saturated carbocycles. The lowest BCUT2D eigenvalue weighted by Crippen LogP contribution is -2.33. The second kappa shape index (κ2) is 8.32. The molecule has 1 aromatic heterocycles. The number of halogens is 1. The van der Waals surface area contributed by atoms with E-state index in [4.69, 9.17) is 0 Å². The maximum Gasteiger partial charge on any atom is 0.237 e. The van der Waals surface area contributed by atoms with E-state index in [1.807, 2.05) is 23.1 Å². The topological polar surface area (TPSA) is 63.9 Å². The highest BCUT2D eigenvalue weighted by atomic mass is 32.2. The number of benzene rings is 2. The van der Waals surface area contributed by atoms with Crippen LogP contribution >= 0.6 is 23.5 Å². The van der Waals surface area contributed by atoms with Crippen LogP contribution in [0.15, 0.2) is 58.6 Å². The summed E-state index contributed by atoms with van der Waals surface area (Å²) in [6.07, 6.45) is 0.927. The summed E-state index contributed by atoms with van der Waals surface area (Å²) in [7, 11) is 0. The maximum absolute atomic E-state index is 13.5. The van der Waals surface area contributed by atoms with E-state index in [1.54, 1.807) is 23.9 Å². The van der Waals surface area contributed by atoms with E-state index < -0.39 is 0 Å². The zero-order valence-corrected chi connectivity index (χ0v) is 16.8. The van der Waals surface area contributed by atoms with Crippen molar-refractivity contribution >= 4 is 35.1 Å². The Labute approximate surface area is 170 Å². The van der Waals surface area contributed by atoms with E-state index >= 15 is 0 Å². The lowest BCUT2D eigenvalue weighted by Gasteiger charge is -2.22. The summed E-state index contributed by atoms with van der Waals surface area (Å²) in [5.74, 6) is -0.169. The average Bonchev–Trinajstić information content (AvgIpc) is 3.09. The van der Waals surface area contributed by atoms with E-state index in [1.165, 1.54) is 28.6 Å². The number of carbonyl (C=O) groups is 1. The number of anilines is 1. The Kier molecular flexibility index (Phi) is 5.63. The third-order valence-corrected chi connectivity index (χ3v) is 6.50. The number of tetrazole rings is 1. The molecule has 0 aliphatic carbocycles. The number of rotatable bonds is 4. The molecule has 2 aromatic carbocycles. The minimum atomic E-state index is -0.368. The van der Waals surface area contributed by atoms with Gasteiger partial charge in [0, 0.05) is 16.7 Å². The Morgan fingerprint density at radius 1 is 1.29 bits per heavy atom. The molecule has 4 rings (SSSR count). The number of thioether (sulfide) groups is 2. The van der Waals surface area contributed by atoms with Crippen LogP contribution < -0.4 is 4.90 Å². The van der Waals surface area contributed by atoms with Crippen molar-refractivity contribution in [3.63, 3.8) is 0 Å². The van der Waals surface area contributed by atoms with E-state index in [0.29, 0.717) is 22.6 Å². The van der Waals surface area contributed by atoms with E-state index in [9.17, 15) is 9.18 Å². The number of fused-ring (bicyclic) bond motifs is 1. The van der Waals surface area contributed by atoms with Gasteiger partial charge < -0.3 is 4.90 Å². The molecule has 144 valence electrons. The van der Waals surface area contributed by atoms with Crippen LogP contribution in [0.2, 0.25) is 0 Å². The molecule has 9 heteroatoms. The van der Waals surface area contributed by atoms with Crippen molar-refractivity contribution in [1.82, 2.24) is 20.2 Å². The van der Waals surface area contributed by atoms with Crippen LogP contribution in [0, 0.1) is 5.82 Å². The summed E-state index contributed by atoms with van der Waals surface area (Å²) < 4.78 is 14.9. The van der Waals surface area contributed by atoms with Crippen LogP contribution in [0.3, 0.4) is 0 Å². The van der Waals surface area contributed by atoms with Crippen LogP contribution in [-0.2, 0) is 4.79 Å². The number of aromatic nitrogens is 4. The lowest BCUT2D eigenvalue weighted by atomic mass is 10.2. The molecule has 0 radical (unpaired) electrons. The maximum atomic E-state index is 13.5. The van der Waals surface area contributed by atoms with Crippen LogP contribution in [0.4, 0.5) is 10.1 Å². The number of amides is 1. The van der Waals surface area contributed by atoms with Gasteiger partial charge in [-0.3, -0.25) is 4.79 Å². The molecule has 1 aliphatic heterocycles. The molecular formula is C19H18FN5OS2. The van der Waals surface area contributed by atoms with Crippen LogP contribution in [-0.4, -0.2) is 43.7 Å². The van der Waals surface area contributed by atoms with E-state index in [2.05, 4.69) is 28.5 Å². The summed E-state index contributed by atoms with van der Waals surface area (Å²) in [6.45, 7) is 2.86. The summed E-state index contributed by atoms with van der Waals surface area (Å²) in [5, 5.41) is 12.5. The van der Waals surface area contributed by atoms with Crippen LogP contribution in [0.25, 0.3) is 5.69 Å². The van der Waals surface area contributed by atoms with Crippen molar-refractivity contribution in [3.05, 3.63) is 54.3 Å². The molecule has 1 atom stereocenters. The lowest BCUT2D eigenvalue weighted by molar-refractivity contribution is -0.116. The largest absolute Gasteiger partial charge is 0.311 e. The Morgan fingerprint density at radius 2 is 2.14 bits per heavy atom. The van der Waals surface area contributed by atoms with Crippen molar-refractivity contribution in [2.75, 3.05) is 17.2 Å². The normalized spacial score (nSPS) is 16.5. The minimum Gasteiger partial charge on any atom is -0.311 e. The third-order valence-electron chi connectivity index (χ3n) is 4.36. The standard InChI is InChI=1S/C19H18FN5OS2/c1-13-9-10-24(16-7-2-3-8-17(16)28-13)18(26)12-27-19-21-22-23-25(19)15-6-4-5-14(20)11-15/h2-8,11,13H,9-10,12H2,1H3/t13-/m0/s1. The number of carbonyl (C=O) groups excluding carboxylic acids is 1. The molecule has 6 nitrogen and oxygen atoms in total. The zero-order chi connectivity index (χ0) is 19.5. The summed E-state index contributed by atoms with van der Waals surface area (Å²) >= 11 is 3.04. The fourth-order valence-corrected chi connectivity index (χ4v) is 4.87. The molecule has 0 bridgehead atoms. The first-order valence-corrected chi connectivity index (χ1v) is 10.7. The molecule has 3 aromatic rings. The van der Waals surface area contributed by atoms with Crippen molar-refractivity contribution in [3.8, 4) is 5.69 Å². The number of hydrogen-bond donors (Lipinski definition) is 0. The first-order valence-electron chi connectivity index (χ1n) is 8.85. The molecule has 2 heterocycles. The van der Waals surface area contributed by atoms with Gasteiger partial charge in [0.2, 0.25) is 11.1 Å². The quantitative estimate of drug-likeness (QED) is 0.604. The Hall–Kier alpha value is -2.39. The van der Waals surface area contributed by atoms with Gasteiger partial charge >= 0.3 is 0 Å². The zero-order valence-electron chi connectivity index (χ0n) is 15.2. The fourth-order valence-electron chi connectivity index (χ4n) is 2.99. The first-order chi connectivity index (χ1) is 13.6. The number of para-hydroxylation sites is 1. The van der Waals surface area contributed by atoms with E-state index in [0.717, 1.165) is 17.0 Å². The van der Waals surface area contributed by atoms with Gasteiger partial charge in [0.05, 0.1) is 17.1 Å². The predicted molar refractivity (Wildman–Crippen MR) is 109 cm³/mol. The molecule has 0 N–H and O–H groups in total. The minimum absolute atomic E-state index is 0.000872. The molecule has 1 amide bonds. The molecule has 0 saturated heterocycles. The van der Waals surface area contributed by atoms with Gasteiger partial charge in [-0.2, -0.15) is 4.68 Å². The molecule has 1 aliphatic rings. The predicted octanol–water partition coefficient (Wildman–Crippen LogP) is 3.81. The summed E-state index contributed by atoms with van der Waals surface area (Å²) in [4.78, 5) is 15.9. The number of nitrogens with zero attached hydrogens (tertiary/aromatic N) is 5. The van der Waals surface area contributed by atoms with Crippen molar-refractivity contribution in [2.45, 2.75) is 28.6 Å². The highest BCUT2D eigenvalue weighted by molar-refractivity contribution is 8.00. The molecular weight excluding hydrogens is 397 g/mol. The number of hydrogen-bond acceptors (Lipinski definition) is 6. The highest BCUT2D eigenvalue weighted by Crippen LogP contribution is 2.37.